The highest BCUT2D eigenvalue weighted by Gasteiger charge is 2.28. The van der Waals surface area contributed by atoms with Gasteiger partial charge in [-0.05, 0) is 42.5 Å². The average molecular weight is 393 g/mol. The van der Waals surface area contributed by atoms with Gasteiger partial charge in [0.2, 0.25) is 0 Å². The lowest BCUT2D eigenvalue weighted by molar-refractivity contribution is 0.0632. The fourth-order valence-electron chi connectivity index (χ4n) is 5.19. The van der Waals surface area contributed by atoms with Crippen LogP contribution >= 0.6 is 0 Å². The van der Waals surface area contributed by atoms with Crippen LogP contribution in [0, 0.1) is 0 Å². The van der Waals surface area contributed by atoms with Crippen LogP contribution in [-0.4, -0.2) is 49.1 Å². The summed E-state index contributed by atoms with van der Waals surface area (Å²) in [4.78, 5) is 5.50. The molecule has 2 fully saturated rings. The molecule has 0 amide bonds. The molecule has 2 aromatic rings. The Kier molecular flexibility index (Phi) is 7.23. The topological polar surface area (TPSA) is 15.7 Å². The van der Waals surface area contributed by atoms with Gasteiger partial charge in [-0.1, -0.05) is 68.1 Å². The van der Waals surface area contributed by atoms with E-state index in [9.17, 15) is 0 Å². The lowest BCUT2D eigenvalue weighted by Crippen LogP contribution is -2.51. The maximum absolute atomic E-state index is 5.46. The van der Waals surface area contributed by atoms with Crippen molar-refractivity contribution in [2.45, 2.75) is 57.0 Å². The standard InChI is InChI=1S/C26H36N2O/c1-29-25-15-9-10-22(20-25)21-26(23-11-5-4-6-12-23)28-18-16-27(17-19-28)24-13-7-2-3-8-14-24/h4-6,9-12,15,20,24,26H,2-3,7-8,13-14,16-19,21H2,1H3. The Balaban J connectivity index is 1.45. The van der Waals surface area contributed by atoms with E-state index in [0.717, 1.165) is 18.2 Å². The van der Waals surface area contributed by atoms with Crippen molar-refractivity contribution >= 4 is 0 Å². The Morgan fingerprint density at radius 3 is 2.28 bits per heavy atom. The summed E-state index contributed by atoms with van der Waals surface area (Å²) < 4.78 is 5.46. The first-order valence-corrected chi connectivity index (χ1v) is 11.5. The zero-order chi connectivity index (χ0) is 19.9. The van der Waals surface area contributed by atoms with Gasteiger partial charge in [0, 0.05) is 38.3 Å². The van der Waals surface area contributed by atoms with E-state index in [4.69, 9.17) is 4.74 Å². The third-order valence-corrected chi connectivity index (χ3v) is 6.88. The molecule has 0 N–H and O–H groups in total. The molecule has 1 aliphatic heterocycles. The van der Waals surface area contributed by atoms with Gasteiger partial charge < -0.3 is 4.74 Å². The number of benzene rings is 2. The molecule has 3 nitrogen and oxygen atoms in total. The number of rotatable bonds is 6. The molecule has 3 heteroatoms. The third-order valence-electron chi connectivity index (χ3n) is 6.88. The second-order valence-corrected chi connectivity index (χ2v) is 8.70. The number of piperazine rings is 1. The molecule has 1 saturated carbocycles. The van der Waals surface area contributed by atoms with Crippen molar-refractivity contribution in [2.24, 2.45) is 0 Å². The molecule has 156 valence electrons. The smallest absolute Gasteiger partial charge is 0.119 e. The van der Waals surface area contributed by atoms with Crippen molar-refractivity contribution in [3.63, 3.8) is 0 Å². The lowest BCUT2D eigenvalue weighted by atomic mass is 9.96. The molecule has 0 spiro atoms. The Hall–Kier alpha value is -1.84. The number of hydrogen-bond donors (Lipinski definition) is 0. The average Bonchev–Trinajstić information content (AvgIpc) is 3.08. The predicted octanol–water partition coefficient (Wildman–Crippen LogP) is 5.32. The van der Waals surface area contributed by atoms with Crippen molar-refractivity contribution in [3.8, 4) is 5.75 Å². The fraction of sp³-hybridized carbons (Fsp3) is 0.538. The van der Waals surface area contributed by atoms with Crippen molar-refractivity contribution in [1.82, 2.24) is 9.80 Å². The minimum Gasteiger partial charge on any atom is -0.497 e. The Morgan fingerprint density at radius 1 is 0.862 bits per heavy atom. The van der Waals surface area contributed by atoms with Crippen molar-refractivity contribution in [3.05, 3.63) is 65.7 Å². The van der Waals surface area contributed by atoms with Crippen LogP contribution in [0.15, 0.2) is 54.6 Å². The molecule has 2 aromatic carbocycles. The minimum atomic E-state index is 0.430. The molecule has 1 atom stereocenters. The molecule has 1 heterocycles. The van der Waals surface area contributed by atoms with E-state index >= 15 is 0 Å². The van der Waals surface area contributed by atoms with Gasteiger partial charge in [0.1, 0.15) is 5.75 Å². The van der Waals surface area contributed by atoms with Gasteiger partial charge in [-0.25, -0.2) is 0 Å². The Labute approximate surface area is 176 Å². The van der Waals surface area contributed by atoms with E-state index in [1.165, 1.54) is 75.8 Å². The number of nitrogens with zero attached hydrogens (tertiary/aromatic N) is 2. The van der Waals surface area contributed by atoms with E-state index in [-0.39, 0.29) is 0 Å². The molecule has 1 aliphatic carbocycles. The van der Waals surface area contributed by atoms with E-state index in [2.05, 4.69) is 58.3 Å². The summed E-state index contributed by atoms with van der Waals surface area (Å²) in [6.07, 6.45) is 9.57. The molecule has 1 unspecified atom stereocenters. The first kappa shape index (κ1) is 20.4. The molecule has 2 aliphatic rings. The zero-order valence-corrected chi connectivity index (χ0v) is 17.9. The summed E-state index contributed by atoms with van der Waals surface area (Å²) in [7, 11) is 1.75. The second kappa shape index (κ2) is 10.3. The third kappa shape index (κ3) is 5.40. The summed E-state index contributed by atoms with van der Waals surface area (Å²) >= 11 is 0. The van der Waals surface area contributed by atoms with Crippen LogP contribution in [0.2, 0.25) is 0 Å². The minimum absolute atomic E-state index is 0.430. The van der Waals surface area contributed by atoms with Crippen LogP contribution in [0.4, 0.5) is 0 Å². The van der Waals surface area contributed by atoms with E-state index in [1.54, 1.807) is 7.11 Å². The first-order valence-electron chi connectivity index (χ1n) is 11.5. The first-order chi connectivity index (χ1) is 14.3. The molecule has 29 heavy (non-hydrogen) atoms. The van der Waals surface area contributed by atoms with E-state index < -0.39 is 0 Å². The molecular weight excluding hydrogens is 356 g/mol. The highest BCUT2D eigenvalue weighted by Crippen LogP contribution is 2.29. The van der Waals surface area contributed by atoms with Crippen LogP contribution in [0.5, 0.6) is 5.75 Å². The maximum atomic E-state index is 5.46. The van der Waals surface area contributed by atoms with Crippen molar-refractivity contribution in [1.29, 1.82) is 0 Å². The van der Waals surface area contributed by atoms with Gasteiger partial charge in [-0.15, -0.1) is 0 Å². The van der Waals surface area contributed by atoms with E-state index in [1.807, 2.05) is 6.07 Å². The number of ether oxygens (including phenoxy) is 1. The van der Waals surface area contributed by atoms with Crippen LogP contribution in [-0.2, 0) is 6.42 Å². The Bertz CT molecular complexity index is 731. The summed E-state index contributed by atoms with van der Waals surface area (Å²) in [6, 6.07) is 20.9. The van der Waals surface area contributed by atoms with Gasteiger partial charge >= 0.3 is 0 Å². The highest BCUT2D eigenvalue weighted by molar-refractivity contribution is 5.31. The van der Waals surface area contributed by atoms with Crippen molar-refractivity contribution < 1.29 is 4.74 Å². The summed E-state index contributed by atoms with van der Waals surface area (Å²) in [5, 5.41) is 0. The van der Waals surface area contributed by atoms with E-state index in [0.29, 0.717) is 6.04 Å². The summed E-state index contributed by atoms with van der Waals surface area (Å²) in [5.74, 6) is 0.951. The van der Waals surface area contributed by atoms with Crippen LogP contribution in [0.25, 0.3) is 0 Å². The Morgan fingerprint density at radius 2 is 1.59 bits per heavy atom. The van der Waals surface area contributed by atoms with Gasteiger partial charge in [0.15, 0.2) is 0 Å². The molecular formula is C26H36N2O. The largest absolute Gasteiger partial charge is 0.497 e. The quantitative estimate of drug-likeness (QED) is 0.619. The van der Waals surface area contributed by atoms with Gasteiger partial charge in [0.05, 0.1) is 7.11 Å². The second-order valence-electron chi connectivity index (χ2n) is 8.70. The number of hydrogen-bond acceptors (Lipinski definition) is 3. The molecule has 0 bridgehead atoms. The summed E-state index contributed by atoms with van der Waals surface area (Å²) in [5.41, 5.74) is 2.78. The fourth-order valence-corrected chi connectivity index (χ4v) is 5.19. The SMILES string of the molecule is COc1cccc(CC(c2ccccc2)N2CCN(C3CCCCCC3)CC2)c1. The monoisotopic (exact) mass is 392 g/mol. The molecule has 4 rings (SSSR count). The van der Waals surface area contributed by atoms with Crippen LogP contribution in [0.1, 0.15) is 55.7 Å². The van der Waals surface area contributed by atoms with Crippen molar-refractivity contribution in [2.75, 3.05) is 33.3 Å². The predicted molar refractivity (Wildman–Crippen MR) is 121 cm³/mol. The van der Waals surface area contributed by atoms with Gasteiger partial charge in [0.25, 0.3) is 0 Å². The van der Waals surface area contributed by atoms with Gasteiger partial charge in [-0.2, -0.15) is 0 Å². The normalized spacial score (nSPS) is 20.9. The molecule has 0 aromatic heterocycles. The van der Waals surface area contributed by atoms with Gasteiger partial charge in [-0.3, -0.25) is 9.80 Å². The zero-order valence-electron chi connectivity index (χ0n) is 17.9. The highest BCUT2D eigenvalue weighted by atomic mass is 16.5. The number of methoxy groups -OCH3 is 1. The lowest BCUT2D eigenvalue weighted by Gasteiger charge is -2.42. The molecule has 1 saturated heterocycles. The maximum Gasteiger partial charge on any atom is 0.119 e. The summed E-state index contributed by atoms with van der Waals surface area (Å²) in [6.45, 7) is 4.76. The van der Waals surface area contributed by atoms with Crippen LogP contribution < -0.4 is 4.74 Å². The molecule has 0 radical (unpaired) electrons. The van der Waals surface area contributed by atoms with Crippen LogP contribution in [0.3, 0.4) is 0 Å².